The highest BCUT2D eigenvalue weighted by Gasteiger charge is 2.24. The number of hydrogen-bond acceptors (Lipinski definition) is 10. The third-order valence-corrected chi connectivity index (χ3v) is 6.15. The molecule has 12 heteroatoms. The quantitative estimate of drug-likeness (QED) is 0.231. The molecular formula is C22H29N6O5P. The first-order valence-electron chi connectivity index (χ1n) is 10.8. The lowest BCUT2D eigenvalue weighted by Crippen LogP contribution is -2.18. The molecule has 0 fully saturated rings. The zero-order chi connectivity index (χ0) is 24.6. The average molecular weight is 488 g/mol. The van der Waals surface area contributed by atoms with E-state index in [2.05, 4.69) is 19.9 Å². The van der Waals surface area contributed by atoms with Crippen molar-refractivity contribution in [3.05, 3.63) is 48.5 Å². The van der Waals surface area contributed by atoms with E-state index < -0.39 is 13.3 Å². The predicted molar refractivity (Wildman–Crippen MR) is 129 cm³/mol. The topological polar surface area (TPSA) is 144 Å². The van der Waals surface area contributed by atoms with E-state index in [0.717, 1.165) is 5.56 Å². The van der Waals surface area contributed by atoms with Crippen molar-refractivity contribution >= 4 is 36.3 Å². The molecule has 0 unspecified atom stereocenters. The van der Waals surface area contributed by atoms with Crippen LogP contribution in [0.15, 0.2) is 48.0 Å². The summed E-state index contributed by atoms with van der Waals surface area (Å²) in [6.07, 6.45) is 2.14. The minimum atomic E-state index is -3.47. The van der Waals surface area contributed by atoms with Crippen LogP contribution in [0.3, 0.4) is 0 Å². The third kappa shape index (κ3) is 7.44. The summed E-state index contributed by atoms with van der Waals surface area (Å²) in [4.78, 5) is 28.1. The number of carbonyl (C=O) groups excluding carboxylic acids is 1. The van der Waals surface area contributed by atoms with E-state index in [1.807, 2.05) is 37.3 Å². The number of rotatable bonds is 12. The van der Waals surface area contributed by atoms with E-state index in [1.165, 1.54) is 12.3 Å². The highest BCUT2D eigenvalue weighted by molar-refractivity contribution is 7.73. The van der Waals surface area contributed by atoms with Crippen LogP contribution in [0.1, 0.15) is 26.3 Å². The van der Waals surface area contributed by atoms with Gasteiger partial charge in [-0.3, -0.25) is 14.4 Å². The van der Waals surface area contributed by atoms with E-state index in [1.54, 1.807) is 24.7 Å². The monoisotopic (exact) mass is 488 g/mol. The van der Waals surface area contributed by atoms with Crippen LogP contribution in [0.25, 0.3) is 11.2 Å². The standard InChI is InChI=1S/C22H29N6O5P/c1-16(2)33-19(29)9-24-14-34(30,32-11-18-7-5-4-6-8-18)15-31-17(3)10-28-13-27-20-21(23)25-12-26-22(20)28/h4-8,12-14,16-17H,9-11,15H2,1-3H3,(H2,23,25,26)/t17-,34+/m1/s1. The Balaban J connectivity index is 1.64. The Hall–Kier alpha value is -3.14. The van der Waals surface area contributed by atoms with Crippen molar-refractivity contribution in [2.75, 3.05) is 18.6 Å². The van der Waals surface area contributed by atoms with Gasteiger partial charge < -0.3 is 24.3 Å². The summed E-state index contributed by atoms with van der Waals surface area (Å²) < 4.78 is 31.9. The van der Waals surface area contributed by atoms with Gasteiger partial charge in [0.05, 0.1) is 37.6 Å². The van der Waals surface area contributed by atoms with Crippen molar-refractivity contribution in [1.29, 1.82) is 0 Å². The van der Waals surface area contributed by atoms with Crippen LogP contribution in [-0.4, -0.2) is 56.5 Å². The number of imidazole rings is 1. The number of aliphatic imine (C=N–C) groups is 1. The molecule has 0 aliphatic heterocycles. The van der Waals surface area contributed by atoms with Gasteiger partial charge >= 0.3 is 5.97 Å². The van der Waals surface area contributed by atoms with Crippen LogP contribution in [0.2, 0.25) is 0 Å². The van der Waals surface area contributed by atoms with E-state index in [4.69, 9.17) is 19.7 Å². The molecule has 0 spiro atoms. The molecule has 182 valence electrons. The average Bonchev–Trinajstić information content (AvgIpc) is 3.21. The lowest BCUT2D eigenvalue weighted by molar-refractivity contribution is -0.145. The second-order valence-electron chi connectivity index (χ2n) is 7.91. The molecule has 2 heterocycles. The maximum Gasteiger partial charge on any atom is 0.327 e. The molecule has 0 aliphatic carbocycles. The molecule has 2 N–H and O–H groups in total. The fourth-order valence-electron chi connectivity index (χ4n) is 3.00. The summed E-state index contributed by atoms with van der Waals surface area (Å²) >= 11 is 0. The Morgan fingerprint density at radius 2 is 1.97 bits per heavy atom. The molecule has 2 atom stereocenters. The molecule has 2 aromatic heterocycles. The summed E-state index contributed by atoms with van der Waals surface area (Å²) in [6.45, 7) is 5.57. The van der Waals surface area contributed by atoms with Crippen LogP contribution in [-0.2, 0) is 36.5 Å². The minimum absolute atomic E-state index is 0.112. The second-order valence-corrected chi connectivity index (χ2v) is 10.1. The fraction of sp³-hybridized carbons (Fsp3) is 0.409. The molecule has 3 rings (SSSR count). The summed E-state index contributed by atoms with van der Waals surface area (Å²) in [7, 11) is -3.47. The smallest absolute Gasteiger partial charge is 0.327 e. The van der Waals surface area contributed by atoms with Crippen LogP contribution in [0.4, 0.5) is 5.82 Å². The SMILES string of the molecule is CC(C)OC(=O)CN=C[P@@](=O)(CO[C@H](C)Cn1cnc2c(N)ncnc21)OCc1ccccc1. The van der Waals surface area contributed by atoms with Gasteiger partial charge in [0.2, 0.25) is 0 Å². The number of benzene rings is 1. The van der Waals surface area contributed by atoms with Crippen molar-refractivity contribution < 1.29 is 23.4 Å². The zero-order valence-corrected chi connectivity index (χ0v) is 20.3. The second kappa shape index (κ2) is 11.8. The summed E-state index contributed by atoms with van der Waals surface area (Å²) in [6, 6.07) is 9.34. The number of nitrogen functional groups attached to an aromatic ring is 1. The lowest BCUT2D eigenvalue weighted by Gasteiger charge is -2.19. The van der Waals surface area contributed by atoms with Crippen LogP contribution in [0, 0.1) is 0 Å². The molecule has 0 aliphatic rings. The van der Waals surface area contributed by atoms with Crippen molar-refractivity contribution in [3.63, 3.8) is 0 Å². The first-order valence-corrected chi connectivity index (χ1v) is 12.6. The maximum atomic E-state index is 13.4. The van der Waals surface area contributed by atoms with Gasteiger partial charge in [0.15, 0.2) is 11.5 Å². The Kier molecular flexibility index (Phi) is 8.86. The molecule has 0 saturated carbocycles. The first-order chi connectivity index (χ1) is 16.3. The van der Waals surface area contributed by atoms with Gasteiger partial charge in [-0.15, -0.1) is 0 Å². The Morgan fingerprint density at radius 3 is 2.71 bits per heavy atom. The van der Waals surface area contributed by atoms with Gasteiger partial charge in [0, 0.05) is 0 Å². The minimum Gasteiger partial charge on any atom is -0.462 e. The van der Waals surface area contributed by atoms with Gasteiger partial charge in [-0.2, -0.15) is 0 Å². The largest absolute Gasteiger partial charge is 0.462 e. The van der Waals surface area contributed by atoms with E-state index in [9.17, 15) is 9.36 Å². The number of nitrogens with zero attached hydrogens (tertiary/aromatic N) is 5. The number of fused-ring (bicyclic) bond motifs is 1. The van der Waals surface area contributed by atoms with Gasteiger partial charge in [-0.25, -0.2) is 15.0 Å². The van der Waals surface area contributed by atoms with Crippen LogP contribution >= 0.6 is 7.37 Å². The Morgan fingerprint density at radius 1 is 1.21 bits per heavy atom. The van der Waals surface area contributed by atoms with Crippen LogP contribution < -0.4 is 5.73 Å². The maximum absolute atomic E-state index is 13.4. The van der Waals surface area contributed by atoms with Gasteiger partial charge in [-0.1, -0.05) is 30.3 Å². The van der Waals surface area contributed by atoms with Gasteiger partial charge in [0.25, 0.3) is 7.37 Å². The molecule has 11 nitrogen and oxygen atoms in total. The van der Waals surface area contributed by atoms with Crippen molar-refractivity contribution in [3.8, 4) is 0 Å². The van der Waals surface area contributed by atoms with Crippen molar-refractivity contribution in [2.24, 2.45) is 4.99 Å². The molecular weight excluding hydrogens is 459 g/mol. The zero-order valence-electron chi connectivity index (χ0n) is 19.4. The summed E-state index contributed by atoms with van der Waals surface area (Å²) in [5.74, 6) is 0.955. The van der Waals surface area contributed by atoms with Crippen molar-refractivity contribution in [1.82, 2.24) is 19.5 Å². The van der Waals surface area contributed by atoms with E-state index in [0.29, 0.717) is 23.5 Å². The van der Waals surface area contributed by atoms with Crippen LogP contribution in [0.5, 0.6) is 0 Å². The number of carbonyl (C=O) groups is 1. The Labute approximate surface area is 197 Å². The molecule has 0 amide bonds. The molecule has 34 heavy (non-hydrogen) atoms. The fourth-order valence-corrected chi connectivity index (χ4v) is 4.36. The number of nitrogens with two attached hydrogens (primary N) is 1. The molecule has 0 bridgehead atoms. The predicted octanol–water partition coefficient (Wildman–Crippen LogP) is 3.25. The number of ether oxygens (including phenoxy) is 2. The summed E-state index contributed by atoms with van der Waals surface area (Å²) in [5, 5.41) is 0. The lowest BCUT2D eigenvalue weighted by atomic mass is 10.2. The summed E-state index contributed by atoms with van der Waals surface area (Å²) in [5.41, 5.74) is 7.77. The molecule has 0 saturated heterocycles. The van der Waals surface area contributed by atoms with Gasteiger partial charge in [0.1, 0.15) is 24.7 Å². The first kappa shape index (κ1) is 25.5. The highest BCUT2D eigenvalue weighted by atomic mass is 31.2. The molecule has 1 aromatic carbocycles. The Bertz CT molecular complexity index is 1170. The number of aromatic nitrogens is 4. The number of anilines is 1. The normalized spacial score (nSPS) is 14.5. The molecule has 3 aromatic rings. The molecule has 0 radical (unpaired) electrons. The van der Waals surface area contributed by atoms with E-state index in [-0.39, 0.29) is 31.7 Å². The van der Waals surface area contributed by atoms with Crippen molar-refractivity contribution in [2.45, 2.75) is 46.1 Å². The number of esters is 1. The third-order valence-electron chi connectivity index (χ3n) is 4.56. The van der Waals surface area contributed by atoms with E-state index >= 15 is 0 Å². The highest BCUT2D eigenvalue weighted by Crippen LogP contribution is 2.45. The number of hydrogen-bond donors (Lipinski definition) is 1. The van der Waals surface area contributed by atoms with Gasteiger partial charge in [-0.05, 0) is 26.3 Å².